The van der Waals surface area contributed by atoms with Gasteiger partial charge < -0.3 is 15.8 Å². The summed E-state index contributed by atoms with van der Waals surface area (Å²) in [5.74, 6) is 0.168. The number of rotatable bonds is 7. The van der Waals surface area contributed by atoms with Crippen molar-refractivity contribution in [3.05, 3.63) is 33.8 Å². The number of benzene rings is 1. The molecule has 21 heavy (non-hydrogen) atoms. The van der Waals surface area contributed by atoms with E-state index in [2.05, 4.69) is 5.32 Å². The zero-order chi connectivity index (χ0) is 15.8. The van der Waals surface area contributed by atoms with Gasteiger partial charge in [-0.2, -0.15) is 11.8 Å². The predicted octanol–water partition coefficient (Wildman–Crippen LogP) is 2.83. The van der Waals surface area contributed by atoms with Crippen LogP contribution < -0.4 is 11.1 Å². The molecule has 0 aliphatic carbocycles. The number of esters is 1. The second kappa shape index (κ2) is 9.02. The van der Waals surface area contributed by atoms with Crippen LogP contribution in [0.5, 0.6) is 0 Å². The number of ether oxygens (including phenoxy) is 1. The largest absolute Gasteiger partial charge is 0.459 e. The second-order valence-corrected chi connectivity index (χ2v) is 6.00. The van der Waals surface area contributed by atoms with Crippen molar-refractivity contribution in [2.75, 3.05) is 12.0 Å². The number of urea groups is 1. The van der Waals surface area contributed by atoms with E-state index in [1.54, 1.807) is 30.0 Å². The molecule has 0 unspecified atom stereocenters. The minimum atomic E-state index is -0.757. The van der Waals surface area contributed by atoms with Crippen molar-refractivity contribution in [3.8, 4) is 0 Å². The van der Waals surface area contributed by atoms with E-state index in [1.165, 1.54) is 0 Å². The molecule has 0 bridgehead atoms. The highest BCUT2D eigenvalue weighted by atomic mass is 35.5. The number of amides is 2. The Balaban J connectivity index is 2.59. The highest BCUT2D eigenvalue weighted by Gasteiger charge is 2.21. The number of hydrogen-bond acceptors (Lipinski definition) is 4. The minimum Gasteiger partial charge on any atom is -0.459 e. The van der Waals surface area contributed by atoms with Crippen LogP contribution in [0, 0.1) is 0 Å². The van der Waals surface area contributed by atoms with Crippen LogP contribution in [-0.4, -0.2) is 30.1 Å². The van der Waals surface area contributed by atoms with Crippen molar-refractivity contribution in [2.45, 2.75) is 19.1 Å². The monoisotopic (exact) mass is 350 g/mol. The molecule has 116 valence electrons. The van der Waals surface area contributed by atoms with Crippen molar-refractivity contribution < 1.29 is 14.3 Å². The van der Waals surface area contributed by atoms with Crippen molar-refractivity contribution >= 4 is 47.0 Å². The number of thioether (sulfide) groups is 1. The van der Waals surface area contributed by atoms with Gasteiger partial charge in [-0.15, -0.1) is 0 Å². The fraction of sp³-hybridized carbons (Fsp3) is 0.385. The van der Waals surface area contributed by atoms with Crippen LogP contribution in [0.4, 0.5) is 4.79 Å². The molecule has 3 N–H and O–H groups in total. The summed E-state index contributed by atoms with van der Waals surface area (Å²) in [7, 11) is 0. The highest BCUT2D eigenvalue weighted by Crippen LogP contribution is 2.23. The van der Waals surface area contributed by atoms with Crippen LogP contribution in [0.3, 0.4) is 0 Å². The first kappa shape index (κ1) is 17.9. The van der Waals surface area contributed by atoms with E-state index in [9.17, 15) is 9.59 Å². The van der Waals surface area contributed by atoms with Crippen LogP contribution in [-0.2, 0) is 16.1 Å². The molecule has 1 aromatic rings. The third-order valence-corrected chi connectivity index (χ3v) is 3.96. The number of carbonyl (C=O) groups is 2. The van der Waals surface area contributed by atoms with E-state index in [0.717, 1.165) is 0 Å². The van der Waals surface area contributed by atoms with Crippen molar-refractivity contribution in [3.63, 3.8) is 0 Å². The molecule has 0 radical (unpaired) electrons. The van der Waals surface area contributed by atoms with E-state index in [4.69, 9.17) is 33.7 Å². The Hall–Kier alpha value is -1.11. The normalized spacial score (nSPS) is 11.8. The van der Waals surface area contributed by atoms with Gasteiger partial charge in [-0.1, -0.05) is 29.3 Å². The topological polar surface area (TPSA) is 81.4 Å². The first-order chi connectivity index (χ1) is 9.93. The van der Waals surface area contributed by atoms with Crippen molar-refractivity contribution in [1.29, 1.82) is 0 Å². The van der Waals surface area contributed by atoms with Gasteiger partial charge in [-0.3, -0.25) is 0 Å². The lowest BCUT2D eigenvalue weighted by Crippen LogP contribution is -2.44. The van der Waals surface area contributed by atoms with E-state index >= 15 is 0 Å². The fourth-order valence-corrected chi connectivity index (χ4v) is 2.33. The Morgan fingerprint density at radius 2 is 2.10 bits per heavy atom. The highest BCUT2D eigenvalue weighted by molar-refractivity contribution is 7.98. The lowest BCUT2D eigenvalue weighted by atomic mass is 10.2. The summed E-state index contributed by atoms with van der Waals surface area (Å²) in [6, 6.07) is 3.44. The molecule has 0 aliphatic heterocycles. The number of nitrogens with one attached hydrogen (secondary N) is 1. The number of hydrogen-bond donors (Lipinski definition) is 2. The molecule has 0 heterocycles. The van der Waals surface area contributed by atoms with Gasteiger partial charge in [-0.05, 0) is 36.1 Å². The number of carbonyl (C=O) groups excluding carboxylic acids is 2. The molecule has 0 aromatic heterocycles. The van der Waals surface area contributed by atoms with Gasteiger partial charge in [0.1, 0.15) is 12.6 Å². The predicted molar refractivity (Wildman–Crippen MR) is 85.8 cm³/mol. The Morgan fingerprint density at radius 3 is 2.67 bits per heavy atom. The summed E-state index contributed by atoms with van der Waals surface area (Å²) in [5.41, 5.74) is 5.76. The summed E-state index contributed by atoms with van der Waals surface area (Å²) in [6.45, 7) is 0.0476. The summed E-state index contributed by atoms with van der Waals surface area (Å²) in [5, 5.41) is 3.19. The summed E-state index contributed by atoms with van der Waals surface area (Å²) < 4.78 is 5.16. The maximum Gasteiger partial charge on any atom is 0.329 e. The Morgan fingerprint density at radius 1 is 1.38 bits per heavy atom. The first-order valence-corrected chi connectivity index (χ1v) is 8.24. The lowest BCUT2D eigenvalue weighted by Gasteiger charge is -2.16. The van der Waals surface area contributed by atoms with Crippen LogP contribution in [0.25, 0.3) is 0 Å². The molecule has 2 amide bonds. The van der Waals surface area contributed by atoms with E-state index in [1.807, 2.05) is 6.26 Å². The first-order valence-electron chi connectivity index (χ1n) is 6.09. The maximum atomic E-state index is 11.9. The van der Waals surface area contributed by atoms with Crippen LogP contribution in [0.2, 0.25) is 10.0 Å². The van der Waals surface area contributed by atoms with Gasteiger partial charge in [-0.25, -0.2) is 9.59 Å². The Kier molecular flexibility index (Phi) is 7.71. The summed E-state index contributed by atoms with van der Waals surface area (Å²) in [6.07, 6.45) is 2.35. The van der Waals surface area contributed by atoms with Crippen LogP contribution >= 0.6 is 35.0 Å². The van der Waals surface area contributed by atoms with Gasteiger partial charge in [0.25, 0.3) is 0 Å². The fourth-order valence-electron chi connectivity index (χ4n) is 1.54. The van der Waals surface area contributed by atoms with E-state index in [0.29, 0.717) is 27.8 Å². The van der Waals surface area contributed by atoms with E-state index in [-0.39, 0.29) is 6.61 Å². The quantitative estimate of drug-likeness (QED) is 0.740. The van der Waals surface area contributed by atoms with Gasteiger partial charge in [0.05, 0.1) is 10.0 Å². The van der Waals surface area contributed by atoms with Crippen LogP contribution in [0.1, 0.15) is 12.0 Å². The molecule has 5 nitrogen and oxygen atoms in total. The zero-order valence-electron chi connectivity index (χ0n) is 11.4. The average Bonchev–Trinajstić information content (AvgIpc) is 2.44. The minimum absolute atomic E-state index is 0.0476. The number of nitrogens with two attached hydrogens (primary N) is 1. The zero-order valence-corrected chi connectivity index (χ0v) is 13.7. The molecule has 8 heteroatoms. The average molecular weight is 351 g/mol. The molecule has 0 fully saturated rings. The van der Waals surface area contributed by atoms with Crippen LogP contribution in [0.15, 0.2) is 18.2 Å². The number of halogens is 2. The molecule has 1 atom stereocenters. The van der Waals surface area contributed by atoms with Gasteiger partial charge in [0.15, 0.2) is 0 Å². The molecular formula is C13H16Cl2N2O3S. The van der Waals surface area contributed by atoms with E-state index < -0.39 is 18.0 Å². The summed E-state index contributed by atoms with van der Waals surface area (Å²) >= 11 is 13.2. The maximum absolute atomic E-state index is 11.9. The van der Waals surface area contributed by atoms with Gasteiger partial charge >= 0.3 is 12.0 Å². The SMILES string of the molecule is CSCC[C@H](NC(N)=O)C(=O)OCc1ccc(Cl)c(Cl)c1. The molecule has 0 saturated heterocycles. The molecule has 0 saturated carbocycles. The molecule has 0 spiro atoms. The Bertz CT molecular complexity index is 514. The van der Waals surface area contributed by atoms with Gasteiger partial charge in [0.2, 0.25) is 0 Å². The smallest absolute Gasteiger partial charge is 0.329 e. The van der Waals surface area contributed by atoms with Crippen molar-refractivity contribution in [2.24, 2.45) is 5.73 Å². The van der Waals surface area contributed by atoms with Crippen molar-refractivity contribution in [1.82, 2.24) is 5.32 Å². The molecular weight excluding hydrogens is 335 g/mol. The number of primary amides is 1. The second-order valence-electron chi connectivity index (χ2n) is 4.20. The molecule has 1 aromatic carbocycles. The lowest BCUT2D eigenvalue weighted by molar-refractivity contribution is -0.147. The third kappa shape index (κ3) is 6.46. The molecule has 0 aliphatic rings. The molecule has 1 rings (SSSR count). The third-order valence-electron chi connectivity index (χ3n) is 2.58. The standard InChI is InChI=1S/C13H16Cl2N2O3S/c1-21-5-4-11(17-13(16)19)12(18)20-7-8-2-3-9(14)10(15)6-8/h2-3,6,11H,4-5,7H2,1H3,(H3,16,17,19)/t11-/m0/s1. The van der Waals surface area contributed by atoms with Gasteiger partial charge in [0, 0.05) is 0 Å². The summed E-state index contributed by atoms with van der Waals surface area (Å²) in [4.78, 5) is 22.8. The Labute approximate surface area is 137 Å².